The number of aliphatic hydroxyl groups is 1. The SMILES string of the molecule is CCCCCCCCCCCCCC(O)CCC(C)S(=O)(=O)O. The Hall–Kier alpha value is -0.130. The van der Waals surface area contributed by atoms with Gasteiger partial charge in [-0.2, -0.15) is 8.42 Å². The third kappa shape index (κ3) is 15.2. The van der Waals surface area contributed by atoms with Gasteiger partial charge in [-0.05, 0) is 26.2 Å². The van der Waals surface area contributed by atoms with Crippen LogP contribution in [-0.4, -0.2) is 29.4 Å². The molecular formula is C18H38O4S. The van der Waals surface area contributed by atoms with E-state index in [2.05, 4.69) is 6.92 Å². The lowest BCUT2D eigenvalue weighted by molar-refractivity contribution is 0.148. The van der Waals surface area contributed by atoms with E-state index in [1.54, 1.807) is 0 Å². The Bertz CT molecular complexity index is 354. The van der Waals surface area contributed by atoms with Crippen molar-refractivity contribution in [2.24, 2.45) is 0 Å². The summed E-state index contributed by atoms with van der Waals surface area (Å²) in [6.45, 7) is 3.72. The summed E-state index contributed by atoms with van der Waals surface area (Å²) in [5.41, 5.74) is 0. The molecule has 0 saturated carbocycles. The summed E-state index contributed by atoms with van der Waals surface area (Å²) in [5.74, 6) is 0. The lowest BCUT2D eigenvalue weighted by atomic mass is 10.0. The Morgan fingerprint density at radius 2 is 1.17 bits per heavy atom. The number of hydrogen-bond acceptors (Lipinski definition) is 3. The largest absolute Gasteiger partial charge is 0.393 e. The quantitative estimate of drug-likeness (QED) is 0.300. The lowest BCUT2D eigenvalue weighted by Crippen LogP contribution is -2.19. The molecule has 2 N–H and O–H groups in total. The molecule has 0 aromatic rings. The third-order valence-electron chi connectivity index (χ3n) is 4.56. The molecule has 0 aliphatic rings. The molecule has 0 spiro atoms. The van der Waals surface area contributed by atoms with Crippen LogP contribution in [0.2, 0.25) is 0 Å². The summed E-state index contributed by atoms with van der Waals surface area (Å²) in [7, 11) is -3.96. The van der Waals surface area contributed by atoms with Crippen molar-refractivity contribution in [1.29, 1.82) is 0 Å². The molecule has 0 heterocycles. The fraction of sp³-hybridized carbons (Fsp3) is 1.00. The molecule has 2 unspecified atom stereocenters. The predicted octanol–water partition coefficient (Wildman–Crippen LogP) is 5.10. The average molecular weight is 351 g/mol. The van der Waals surface area contributed by atoms with Crippen molar-refractivity contribution in [3.8, 4) is 0 Å². The number of rotatable bonds is 16. The highest BCUT2D eigenvalue weighted by molar-refractivity contribution is 7.86. The molecule has 5 heteroatoms. The lowest BCUT2D eigenvalue weighted by Gasteiger charge is -2.13. The Balaban J connectivity index is 3.34. The standard InChI is InChI=1S/C18H38O4S/c1-3-4-5-6-7-8-9-10-11-12-13-14-18(19)16-15-17(2)23(20,21)22/h17-19H,3-16H2,1-2H3,(H,20,21,22). The maximum absolute atomic E-state index is 10.9. The first kappa shape index (κ1) is 22.9. The highest BCUT2D eigenvalue weighted by atomic mass is 32.2. The van der Waals surface area contributed by atoms with Gasteiger partial charge in [0.15, 0.2) is 0 Å². The fourth-order valence-electron chi connectivity index (χ4n) is 2.76. The third-order valence-corrected chi connectivity index (χ3v) is 5.81. The molecule has 0 amide bonds. The van der Waals surface area contributed by atoms with Crippen LogP contribution in [0.3, 0.4) is 0 Å². The summed E-state index contributed by atoms with van der Waals surface area (Å²) in [6.07, 6.45) is 15.2. The first-order valence-electron chi connectivity index (χ1n) is 9.52. The zero-order valence-electron chi connectivity index (χ0n) is 15.2. The second-order valence-electron chi connectivity index (χ2n) is 6.88. The van der Waals surface area contributed by atoms with Crippen molar-refractivity contribution in [3.63, 3.8) is 0 Å². The van der Waals surface area contributed by atoms with Crippen molar-refractivity contribution in [2.45, 2.75) is 115 Å². The van der Waals surface area contributed by atoms with Gasteiger partial charge in [0.25, 0.3) is 10.1 Å². The van der Waals surface area contributed by atoms with Crippen LogP contribution in [0.1, 0.15) is 104 Å². The topological polar surface area (TPSA) is 74.6 Å². The van der Waals surface area contributed by atoms with Gasteiger partial charge in [-0.3, -0.25) is 4.55 Å². The van der Waals surface area contributed by atoms with E-state index in [4.69, 9.17) is 4.55 Å². The Labute approximate surface area is 143 Å². The van der Waals surface area contributed by atoms with Crippen LogP contribution in [-0.2, 0) is 10.1 Å². The minimum atomic E-state index is -3.96. The van der Waals surface area contributed by atoms with E-state index < -0.39 is 21.5 Å². The molecule has 4 nitrogen and oxygen atoms in total. The van der Waals surface area contributed by atoms with E-state index in [0.29, 0.717) is 12.8 Å². The normalized spacial score (nSPS) is 14.8. The van der Waals surface area contributed by atoms with E-state index in [0.717, 1.165) is 19.3 Å². The minimum Gasteiger partial charge on any atom is -0.393 e. The molecule has 23 heavy (non-hydrogen) atoms. The number of unbranched alkanes of at least 4 members (excludes halogenated alkanes) is 10. The molecule has 0 radical (unpaired) electrons. The predicted molar refractivity (Wildman–Crippen MR) is 97.3 cm³/mol. The summed E-state index contributed by atoms with van der Waals surface area (Å²) < 4.78 is 30.6. The molecule has 0 saturated heterocycles. The second-order valence-corrected chi connectivity index (χ2v) is 8.72. The molecule has 0 fully saturated rings. The van der Waals surface area contributed by atoms with Gasteiger partial charge in [-0.15, -0.1) is 0 Å². The van der Waals surface area contributed by atoms with Crippen LogP contribution in [0.4, 0.5) is 0 Å². The Morgan fingerprint density at radius 3 is 1.61 bits per heavy atom. The van der Waals surface area contributed by atoms with Crippen molar-refractivity contribution in [2.75, 3.05) is 0 Å². The van der Waals surface area contributed by atoms with Crippen molar-refractivity contribution < 1.29 is 18.1 Å². The van der Waals surface area contributed by atoms with E-state index >= 15 is 0 Å². The van der Waals surface area contributed by atoms with Crippen LogP contribution < -0.4 is 0 Å². The fourth-order valence-corrected chi connectivity index (χ4v) is 3.20. The average Bonchev–Trinajstić information content (AvgIpc) is 2.49. The molecule has 2 atom stereocenters. The Kier molecular flexibility index (Phi) is 14.2. The minimum absolute atomic E-state index is 0.317. The van der Waals surface area contributed by atoms with E-state index in [-0.39, 0.29) is 0 Å². The van der Waals surface area contributed by atoms with Gasteiger partial charge in [0.05, 0.1) is 11.4 Å². The molecule has 0 bridgehead atoms. The van der Waals surface area contributed by atoms with Gasteiger partial charge in [0, 0.05) is 0 Å². The smallest absolute Gasteiger partial charge is 0.267 e. The maximum atomic E-state index is 10.9. The van der Waals surface area contributed by atoms with Crippen molar-refractivity contribution in [1.82, 2.24) is 0 Å². The molecule has 0 aliphatic carbocycles. The van der Waals surface area contributed by atoms with Gasteiger partial charge in [0.2, 0.25) is 0 Å². The van der Waals surface area contributed by atoms with Crippen LogP contribution in [0.25, 0.3) is 0 Å². The summed E-state index contributed by atoms with van der Waals surface area (Å²) in [4.78, 5) is 0. The van der Waals surface area contributed by atoms with Gasteiger partial charge in [-0.1, -0.05) is 77.6 Å². The van der Waals surface area contributed by atoms with Crippen LogP contribution in [0.15, 0.2) is 0 Å². The van der Waals surface area contributed by atoms with E-state index in [1.165, 1.54) is 64.7 Å². The number of hydrogen-bond donors (Lipinski definition) is 2. The number of aliphatic hydroxyl groups excluding tert-OH is 1. The van der Waals surface area contributed by atoms with Crippen LogP contribution in [0, 0.1) is 0 Å². The van der Waals surface area contributed by atoms with Crippen molar-refractivity contribution in [3.05, 3.63) is 0 Å². The van der Waals surface area contributed by atoms with E-state index in [1.807, 2.05) is 0 Å². The zero-order valence-corrected chi connectivity index (χ0v) is 16.0. The molecular weight excluding hydrogens is 312 g/mol. The summed E-state index contributed by atoms with van der Waals surface area (Å²) >= 11 is 0. The second kappa shape index (κ2) is 14.2. The summed E-state index contributed by atoms with van der Waals surface area (Å²) in [5, 5.41) is 9.05. The highest BCUT2D eigenvalue weighted by Gasteiger charge is 2.18. The Morgan fingerprint density at radius 1 is 0.739 bits per heavy atom. The van der Waals surface area contributed by atoms with Crippen molar-refractivity contribution >= 4 is 10.1 Å². The zero-order chi connectivity index (χ0) is 17.6. The highest BCUT2D eigenvalue weighted by Crippen LogP contribution is 2.15. The molecule has 0 aliphatic heterocycles. The van der Waals surface area contributed by atoms with Crippen LogP contribution in [0.5, 0.6) is 0 Å². The molecule has 0 aromatic carbocycles. The molecule has 140 valence electrons. The van der Waals surface area contributed by atoms with Gasteiger partial charge >= 0.3 is 0 Å². The van der Waals surface area contributed by atoms with Gasteiger partial charge in [-0.25, -0.2) is 0 Å². The van der Waals surface area contributed by atoms with E-state index in [9.17, 15) is 13.5 Å². The van der Waals surface area contributed by atoms with Crippen LogP contribution >= 0.6 is 0 Å². The first-order valence-corrected chi connectivity index (χ1v) is 11.0. The maximum Gasteiger partial charge on any atom is 0.267 e. The molecule has 0 aromatic heterocycles. The summed E-state index contributed by atoms with van der Waals surface area (Å²) in [6, 6.07) is 0. The van der Waals surface area contributed by atoms with Gasteiger partial charge < -0.3 is 5.11 Å². The molecule has 0 rings (SSSR count). The van der Waals surface area contributed by atoms with Gasteiger partial charge in [0.1, 0.15) is 0 Å². The first-order chi connectivity index (χ1) is 10.9. The monoisotopic (exact) mass is 350 g/mol.